The van der Waals surface area contributed by atoms with Crippen LogP contribution in [0.15, 0.2) is 36.5 Å². The quantitative estimate of drug-likeness (QED) is 0.677. The molecule has 144 valence electrons. The Labute approximate surface area is 165 Å². The summed E-state index contributed by atoms with van der Waals surface area (Å²) >= 11 is 0. The fraction of sp³-hybridized carbons (Fsp3) is 0.304. The van der Waals surface area contributed by atoms with Gasteiger partial charge in [0, 0.05) is 18.2 Å². The van der Waals surface area contributed by atoms with Crippen molar-refractivity contribution >= 4 is 6.29 Å². The topological polar surface area (TPSA) is 76.0 Å². The highest BCUT2D eigenvalue weighted by Gasteiger charge is 2.14. The van der Waals surface area contributed by atoms with Crippen molar-refractivity contribution < 1.29 is 9.90 Å². The van der Waals surface area contributed by atoms with Gasteiger partial charge in [-0.05, 0) is 42.0 Å². The molecule has 28 heavy (non-hydrogen) atoms. The van der Waals surface area contributed by atoms with E-state index >= 15 is 0 Å². The van der Waals surface area contributed by atoms with Crippen LogP contribution in [0.25, 0.3) is 11.3 Å². The van der Waals surface area contributed by atoms with E-state index in [1.54, 1.807) is 6.92 Å². The number of carbonyl (C=O) groups is 1. The molecule has 0 radical (unpaired) electrons. The fourth-order valence-corrected chi connectivity index (χ4v) is 3.05. The molecule has 0 atom stereocenters. The summed E-state index contributed by atoms with van der Waals surface area (Å²) in [5.41, 5.74) is 5.87. The Kier molecular flexibility index (Phi) is 5.27. The second-order valence-electron chi connectivity index (χ2n) is 8.08. The minimum atomic E-state index is -0.164. The van der Waals surface area contributed by atoms with Gasteiger partial charge >= 0.3 is 0 Å². The monoisotopic (exact) mass is 375 g/mol. The molecule has 5 heteroatoms. The van der Waals surface area contributed by atoms with Crippen LogP contribution in [0, 0.1) is 13.8 Å². The fourth-order valence-electron chi connectivity index (χ4n) is 3.05. The van der Waals surface area contributed by atoms with Crippen molar-refractivity contribution in [2.75, 3.05) is 0 Å². The molecular formula is C23H25N3O2. The average Bonchev–Trinajstić information content (AvgIpc) is 2.65. The number of aromatic hydroxyl groups is 1. The summed E-state index contributed by atoms with van der Waals surface area (Å²) in [7, 11) is 0. The number of carbonyl (C=O) groups excluding carboxylic acids is 1. The molecule has 3 rings (SSSR count). The van der Waals surface area contributed by atoms with Gasteiger partial charge in [0.2, 0.25) is 0 Å². The molecule has 1 aromatic carbocycles. The van der Waals surface area contributed by atoms with Crippen LogP contribution in [-0.4, -0.2) is 26.3 Å². The van der Waals surface area contributed by atoms with Gasteiger partial charge < -0.3 is 5.11 Å². The van der Waals surface area contributed by atoms with Crippen molar-refractivity contribution in [3.63, 3.8) is 0 Å². The molecule has 0 aliphatic rings. The van der Waals surface area contributed by atoms with Crippen molar-refractivity contribution in [1.82, 2.24) is 15.0 Å². The van der Waals surface area contributed by atoms with Crippen molar-refractivity contribution in [2.45, 2.75) is 46.5 Å². The molecule has 2 heterocycles. The third-order valence-corrected chi connectivity index (χ3v) is 4.86. The number of aromatic nitrogens is 3. The minimum Gasteiger partial charge on any atom is -0.504 e. The van der Waals surface area contributed by atoms with Crippen molar-refractivity contribution in [2.24, 2.45) is 0 Å². The van der Waals surface area contributed by atoms with E-state index in [9.17, 15) is 9.90 Å². The maximum Gasteiger partial charge on any atom is 0.172 e. The lowest BCUT2D eigenvalue weighted by atomic mass is 9.86. The molecule has 0 bridgehead atoms. The molecule has 5 nitrogen and oxygen atoms in total. The first-order valence-corrected chi connectivity index (χ1v) is 9.27. The third kappa shape index (κ3) is 4.09. The van der Waals surface area contributed by atoms with Gasteiger partial charge in [0.15, 0.2) is 12.0 Å². The van der Waals surface area contributed by atoms with Crippen molar-refractivity contribution in [1.29, 1.82) is 0 Å². The van der Waals surface area contributed by atoms with E-state index in [2.05, 4.69) is 66.1 Å². The molecule has 0 spiro atoms. The average molecular weight is 375 g/mol. The summed E-state index contributed by atoms with van der Waals surface area (Å²) in [6.45, 7) is 10.3. The van der Waals surface area contributed by atoms with E-state index in [1.165, 1.54) is 5.56 Å². The Morgan fingerprint density at radius 1 is 1.07 bits per heavy atom. The maximum atomic E-state index is 11.1. The first-order chi connectivity index (χ1) is 13.2. The molecule has 0 fully saturated rings. The Morgan fingerprint density at radius 2 is 1.75 bits per heavy atom. The van der Waals surface area contributed by atoms with E-state index in [0.717, 1.165) is 22.4 Å². The zero-order valence-corrected chi connectivity index (χ0v) is 16.9. The summed E-state index contributed by atoms with van der Waals surface area (Å²) in [6.07, 6.45) is 2.82. The smallest absolute Gasteiger partial charge is 0.172 e. The highest BCUT2D eigenvalue weighted by Crippen LogP contribution is 2.26. The summed E-state index contributed by atoms with van der Waals surface area (Å²) < 4.78 is 0. The zero-order chi connectivity index (χ0) is 20.5. The van der Waals surface area contributed by atoms with E-state index < -0.39 is 0 Å². The first-order valence-electron chi connectivity index (χ1n) is 9.27. The second-order valence-corrected chi connectivity index (χ2v) is 8.08. The zero-order valence-electron chi connectivity index (χ0n) is 16.9. The molecule has 0 amide bonds. The van der Waals surface area contributed by atoms with Crippen LogP contribution in [0.2, 0.25) is 0 Å². The lowest BCUT2D eigenvalue weighted by Gasteiger charge is -2.19. The van der Waals surface area contributed by atoms with Crippen LogP contribution in [0.5, 0.6) is 5.75 Å². The Morgan fingerprint density at radius 3 is 2.32 bits per heavy atom. The summed E-state index contributed by atoms with van der Waals surface area (Å²) in [5, 5.41) is 9.81. The molecule has 0 aliphatic carbocycles. The highest BCUT2D eigenvalue weighted by molar-refractivity contribution is 5.76. The molecule has 0 saturated carbocycles. The van der Waals surface area contributed by atoms with Gasteiger partial charge in [-0.2, -0.15) is 0 Å². The third-order valence-electron chi connectivity index (χ3n) is 4.86. The summed E-state index contributed by atoms with van der Waals surface area (Å²) in [5.74, 6) is 0.326. The van der Waals surface area contributed by atoms with Gasteiger partial charge in [-0.3, -0.25) is 9.78 Å². The Balaban J connectivity index is 1.87. The van der Waals surface area contributed by atoms with Crippen LogP contribution in [0.4, 0.5) is 0 Å². The number of nitrogens with zero attached hydrogens (tertiary/aromatic N) is 3. The molecule has 0 saturated heterocycles. The predicted molar refractivity (Wildman–Crippen MR) is 110 cm³/mol. The lowest BCUT2D eigenvalue weighted by molar-refractivity contribution is 0.111. The normalized spacial score (nSPS) is 11.5. The van der Waals surface area contributed by atoms with Crippen LogP contribution in [-0.2, 0) is 11.8 Å². The number of hydrogen-bond acceptors (Lipinski definition) is 5. The largest absolute Gasteiger partial charge is 0.504 e. The van der Waals surface area contributed by atoms with Crippen LogP contribution in [0.3, 0.4) is 0 Å². The van der Waals surface area contributed by atoms with Crippen LogP contribution >= 0.6 is 0 Å². The van der Waals surface area contributed by atoms with Crippen molar-refractivity contribution in [3.05, 3.63) is 70.4 Å². The standard InChI is InChI=1S/C23H25N3O2/c1-14-10-19(16-6-8-18(9-7-16)23(3,4)5)24-12-17(14)11-21-25-15(2)22(28)20(13-27)26-21/h6-10,12-13,28H,11H2,1-5H3. The molecule has 1 N–H and O–H groups in total. The van der Waals surface area contributed by atoms with Gasteiger partial charge in [-0.15, -0.1) is 0 Å². The van der Waals surface area contributed by atoms with Gasteiger partial charge in [-0.25, -0.2) is 9.97 Å². The summed E-state index contributed by atoms with van der Waals surface area (Å²) in [4.78, 5) is 24.1. The Bertz CT molecular complexity index is 1020. The SMILES string of the molecule is Cc1cc(-c2ccc(C(C)(C)C)cc2)ncc1Cc1nc(C)c(O)c(C=O)n1. The molecule has 0 unspecified atom stereocenters. The van der Waals surface area contributed by atoms with Gasteiger partial charge in [0.05, 0.1) is 11.4 Å². The van der Waals surface area contributed by atoms with Crippen LogP contribution in [0.1, 0.15) is 59.5 Å². The van der Waals surface area contributed by atoms with Gasteiger partial charge in [0.25, 0.3) is 0 Å². The molecule has 0 aliphatic heterocycles. The van der Waals surface area contributed by atoms with Gasteiger partial charge in [0.1, 0.15) is 11.5 Å². The highest BCUT2D eigenvalue weighted by atomic mass is 16.3. The maximum absolute atomic E-state index is 11.1. The molecule has 3 aromatic rings. The van der Waals surface area contributed by atoms with E-state index in [1.807, 2.05) is 13.1 Å². The number of aldehydes is 1. The van der Waals surface area contributed by atoms with Crippen LogP contribution < -0.4 is 0 Å². The minimum absolute atomic E-state index is 0.0173. The van der Waals surface area contributed by atoms with E-state index in [4.69, 9.17) is 0 Å². The number of pyridine rings is 1. The Hall–Kier alpha value is -3.08. The number of rotatable bonds is 4. The van der Waals surface area contributed by atoms with Gasteiger partial charge in [-0.1, -0.05) is 45.0 Å². The van der Waals surface area contributed by atoms with E-state index in [-0.39, 0.29) is 16.9 Å². The number of hydrogen-bond donors (Lipinski definition) is 1. The second kappa shape index (κ2) is 7.50. The molecular weight excluding hydrogens is 350 g/mol. The lowest BCUT2D eigenvalue weighted by Crippen LogP contribution is -2.10. The van der Waals surface area contributed by atoms with E-state index in [0.29, 0.717) is 24.2 Å². The predicted octanol–water partition coefficient (Wildman–Crippen LogP) is 4.56. The first kappa shape index (κ1) is 19.7. The number of aryl methyl sites for hydroxylation is 2. The summed E-state index contributed by atoms with van der Waals surface area (Å²) in [6, 6.07) is 10.5. The molecule has 2 aromatic heterocycles. The van der Waals surface area contributed by atoms with Crippen molar-refractivity contribution in [3.8, 4) is 17.0 Å². The number of benzene rings is 1.